The third kappa shape index (κ3) is 9.11. The third-order valence-electron chi connectivity index (χ3n) is 10.7. The van der Waals surface area contributed by atoms with Crippen LogP contribution in [0.2, 0.25) is 0 Å². The van der Waals surface area contributed by atoms with E-state index in [1.807, 2.05) is 30.3 Å². The summed E-state index contributed by atoms with van der Waals surface area (Å²) in [6.45, 7) is 4.54. The Balaban J connectivity index is 0.000000175. The van der Waals surface area contributed by atoms with Crippen LogP contribution in [-0.2, 0) is 19.4 Å². The fourth-order valence-corrected chi connectivity index (χ4v) is 7.93. The van der Waals surface area contributed by atoms with Crippen molar-refractivity contribution in [2.24, 2.45) is 0 Å². The molecular weight excluding hydrogens is 725 g/mol. The number of hydrogen-bond acceptors (Lipinski definition) is 9. The van der Waals surface area contributed by atoms with Crippen LogP contribution < -0.4 is 0 Å². The zero-order valence-electron chi connectivity index (χ0n) is 31.2. The monoisotopic (exact) mass is 763 g/mol. The Bertz CT molecular complexity index is 2580. The third-order valence-corrected chi connectivity index (χ3v) is 10.7. The lowest BCUT2D eigenvalue weighted by Crippen LogP contribution is -2.20. The van der Waals surface area contributed by atoms with Crippen LogP contribution in [0.4, 0.5) is 8.78 Å². The quantitative estimate of drug-likeness (QED) is 0.110. The SMILES string of the molecule is N#CCN1CCC(c2ccc3[nH]c(C(=O)Cc4cncc(F)c4)cc3c2)C1.N#CCN1CCC(c2ccc3c(c2)cc(C(=O)Cc2cncc(F)c2)n3CC#N)C1. The van der Waals surface area contributed by atoms with Gasteiger partial charge in [-0.25, -0.2) is 8.78 Å². The number of halogens is 2. The Morgan fingerprint density at radius 1 is 0.684 bits per heavy atom. The van der Waals surface area contributed by atoms with Crippen molar-refractivity contribution in [3.8, 4) is 18.2 Å². The van der Waals surface area contributed by atoms with E-state index in [0.717, 1.165) is 73.2 Å². The minimum Gasteiger partial charge on any atom is -0.352 e. The molecule has 0 saturated carbocycles. The molecule has 2 unspecified atom stereocenters. The van der Waals surface area contributed by atoms with Crippen LogP contribution in [0.25, 0.3) is 21.8 Å². The van der Waals surface area contributed by atoms with Gasteiger partial charge in [-0.15, -0.1) is 0 Å². The highest BCUT2D eigenvalue weighted by Crippen LogP contribution is 2.32. The van der Waals surface area contributed by atoms with Crippen molar-refractivity contribution in [2.75, 3.05) is 39.3 Å². The number of nitrogens with zero attached hydrogens (tertiary/aromatic N) is 8. The average molecular weight is 764 g/mol. The minimum atomic E-state index is -0.482. The van der Waals surface area contributed by atoms with E-state index in [2.05, 4.69) is 61.2 Å². The number of carbonyl (C=O) groups excluding carboxylic acids is 2. The van der Waals surface area contributed by atoms with Crippen LogP contribution in [-0.4, -0.2) is 80.2 Å². The Morgan fingerprint density at radius 2 is 1.25 bits per heavy atom. The van der Waals surface area contributed by atoms with E-state index in [9.17, 15) is 23.6 Å². The molecule has 0 radical (unpaired) electrons. The maximum atomic E-state index is 13.4. The standard InChI is InChI=1S/C23H20FN5O.C21H19FN4O/c24-20-9-16(13-27-14-20)10-23(30)22-12-19-11-17(1-2-21(19)29(22)8-5-26)18-3-6-28(15-18)7-4-25;22-18-7-14(11-24-12-18)8-21(27)20-10-17-9-15(1-2-19(17)25-20)16-3-5-26(13-16)6-4-23/h1-2,9,11-14,18H,3,6-8,10,15H2;1-2,7,9-12,16,25H,3,5-6,8,13H2. The van der Waals surface area contributed by atoms with E-state index in [0.29, 0.717) is 47.4 Å². The summed E-state index contributed by atoms with van der Waals surface area (Å²) in [5, 5.41) is 28.9. The highest BCUT2D eigenvalue weighted by Gasteiger charge is 2.26. The fraction of sp³-hybridized carbons (Fsp3) is 0.295. The molecule has 2 aliphatic rings. The number of carbonyl (C=O) groups is 2. The van der Waals surface area contributed by atoms with Gasteiger partial charge in [0, 0.05) is 60.1 Å². The lowest BCUT2D eigenvalue weighted by Gasteiger charge is -2.12. The number of H-pyrrole nitrogens is 1. The lowest BCUT2D eigenvalue weighted by molar-refractivity contribution is 0.0978. The lowest BCUT2D eigenvalue weighted by atomic mass is 9.97. The van der Waals surface area contributed by atoms with Crippen LogP contribution in [0.1, 0.15) is 67.9 Å². The summed E-state index contributed by atoms with van der Waals surface area (Å²) in [7, 11) is 0. The van der Waals surface area contributed by atoms with E-state index < -0.39 is 11.6 Å². The van der Waals surface area contributed by atoms with Gasteiger partial charge in [0.2, 0.25) is 0 Å². The van der Waals surface area contributed by atoms with Crippen LogP contribution in [0, 0.1) is 45.6 Å². The summed E-state index contributed by atoms with van der Waals surface area (Å²) >= 11 is 0. The number of aromatic amines is 1. The van der Waals surface area contributed by atoms with E-state index in [4.69, 9.17) is 10.5 Å². The smallest absolute Gasteiger partial charge is 0.183 e. The molecule has 13 heteroatoms. The Labute approximate surface area is 328 Å². The second-order valence-electron chi connectivity index (χ2n) is 14.6. The number of nitrogens with one attached hydrogen (secondary N) is 1. The number of fused-ring (bicyclic) bond motifs is 2. The minimum absolute atomic E-state index is 0.0190. The molecule has 2 aliphatic heterocycles. The molecule has 0 bridgehead atoms. The summed E-state index contributed by atoms with van der Waals surface area (Å²) in [5.74, 6) is -0.444. The van der Waals surface area contributed by atoms with E-state index in [1.54, 1.807) is 4.57 Å². The molecule has 57 heavy (non-hydrogen) atoms. The summed E-state index contributed by atoms with van der Waals surface area (Å²) in [4.78, 5) is 40.5. The molecule has 6 aromatic rings. The van der Waals surface area contributed by atoms with E-state index >= 15 is 0 Å². The molecule has 0 amide bonds. The van der Waals surface area contributed by atoms with E-state index in [1.165, 1.54) is 35.7 Å². The van der Waals surface area contributed by atoms with Gasteiger partial charge >= 0.3 is 0 Å². The van der Waals surface area contributed by atoms with Gasteiger partial charge in [-0.1, -0.05) is 12.1 Å². The summed E-state index contributed by atoms with van der Waals surface area (Å²) in [5.41, 5.74) is 6.15. The maximum Gasteiger partial charge on any atom is 0.183 e. The number of ketones is 2. The topological polar surface area (TPSA) is 158 Å². The highest BCUT2D eigenvalue weighted by molar-refractivity contribution is 6.02. The molecule has 2 saturated heterocycles. The van der Waals surface area contributed by atoms with Crippen LogP contribution in [0.5, 0.6) is 0 Å². The fourth-order valence-electron chi connectivity index (χ4n) is 7.93. The molecule has 2 aromatic carbocycles. The van der Waals surface area contributed by atoms with Gasteiger partial charge in [-0.3, -0.25) is 29.4 Å². The molecule has 1 N–H and O–H groups in total. The predicted molar refractivity (Wildman–Crippen MR) is 209 cm³/mol. The van der Waals surface area contributed by atoms with Crippen molar-refractivity contribution in [3.05, 3.63) is 131 Å². The molecule has 6 heterocycles. The van der Waals surface area contributed by atoms with Gasteiger partial charge in [0.1, 0.15) is 18.2 Å². The van der Waals surface area contributed by atoms with Crippen molar-refractivity contribution in [1.82, 2.24) is 29.3 Å². The first-order valence-electron chi connectivity index (χ1n) is 18.8. The predicted octanol–water partition coefficient (Wildman–Crippen LogP) is 6.88. The average Bonchev–Trinajstić information content (AvgIpc) is 4.02. The van der Waals surface area contributed by atoms with Gasteiger partial charge in [0.25, 0.3) is 0 Å². The molecule has 0 spiro atoms. The molecule has 11 nitrogen and oxygen atoms in total. The number of Topliss-reactive ketones (excluding diaryl/α,β-unsaturated/α-hetero) is 2. The number of hydrogen-bond donors (Lipinski definition) is 1. The van der Waals surface area contributed by atoms with Gasteiger partial charge in [-0.2, -0.15) is 15.8 Å². The number of benzene rings is 2. The van der Waals surface area contributed by atoms with Gasteiger partial charge in [-0.05, 0) is 109 Å². The van der Waals surface area contributed by atoms with Gasteiger partial charge < -0.3 is 9.55 Å². The molecule has 0 aliphatic carbocycles. The second kappa shape index (κ2) is 17.5. The van der Waals surface area contributed by atoms with Crippen molar-refractivity contribution in [2.45, 2.75) is 44.1 Å². The largest absolute Gasteiger partial charge is 0.352 e. The molecule has 8 rings (SSSR count). The summed E-state index contributed by atoms with van der Waals surface area (Å²) in [6, 6.07) is 25.1. The summed E-state index contributed by atoms with van der Waals surface area (Å²) in [6.07, 6.45) is 7.36. The van der Waals surface area contributed by atoms with Gasteiger partial charge in [0.15, 0.2) is 11.6 Å². The zero-order valence-corrected chi connectivity index (χ0v) is 31.2. The molecular formula is C44H39F2N9O2. The summed E-state index contributed by atoms with van der Waals surface area (Å²) < 4.78 is 28.4. The van der Waals surface area contributed by atoms with Crippen molar-refractivity contribution < 1.29 is 18.4 Å². The molecule has 2 atom stereocenters. The first-order valence-corrected chi connectivity index (χ1v) is 18.8. The number of aromatic nitrogens is 4. The van der Waals surface area contributed by atoms with Gasteiger partial charge in [0.05, 0.1) is 55.1 Å². The van der Waals surface area contributed by atoms with Crippen LogP contribution >= 0.6 is 0 Å². The second-order valence-corrected chi connectivity index (χ2v) is 14.6. The van der Waals surface area contributed by atoms with Crippen LogP contribution in [0.15, 0.2) is 85.5 Å². The number of pyridine rings is 2. The number of likely N-dealkylation sites (tertiary alicyclic amines) is 2. The first kappa shape index (κ1) is 38.7. The molecule has 4 aromatic heterocycles. The molecule has 2 fully saturated rings. The molecule has 286 valence electrons. The Kier molecular flexibility index (Phi) is 11.9. The van der Waals surface area contributed by atoms with Crippen LogP contribution in [0.3, 0.4) is 0 Å². The Hall–Kier alpha value is -6.59. The maximum absolute atomic E-state index is 13.4. The number of rotatable bonds is 11. The normalized spacial score (nSPS) is 16.8. The van der Waals surface area contributed by atoms with Crippen molar-refractivity contribution in [3.63, 3.8) is 0 Å². The number of nitriles is 3. The Morgan fingerprint density at radius 3 is 1.82 bits per heavy atom. The first-order chi connectivity index (χ1) is 27.7. The zero-order chi connectivity index (χ0) is 39.9. The van der Waals surface area contributed by atoms with Crippen molar-refractivity contribution in [1.29, 1.82) is 15.8 Å². The van der Waals surface area contributed by atoms with Crippen molar-refractivity contribution >= 4 is 33.4 Å². The highest BCUT2D eigenvalue weighted by atomic mass is 19.1. The van der Waals surface area contributed by atoms with E-state index in [-0.39, 0.29) is 31.0 Å².